The minimum absolute atomic E-state index is 0.194. The Bertz CT molecular complexity index is 966. The molecule has 0 radical (unpaired) electrons. The molecule has 4 rings (SSSR count). The van der Waals surface area contributed by atoms with Gasteiger partial charge in [0.15, 0.2) is 0 Å². The molecule has 0 unspecified atom stereocenters. The number of imidazole rings is 1. The molecule has 0 saturated heterocycles. The van der Waals surface area contributed by atoms with Gasteiger partial charge in [0.05, 0.1) is 17.4 Å². The summed E-state index contributed by atoms with van der Waals surface area (Å²) in [5, 5.41) is 9.83. The van der Waals surface area contributed by atoms with Crippen LogP contribution < -0.4 is 0 Å². The molecule has 3 heterocycles. The second kappa shape index (κ2) is 5.34. The summed E-state index contributed by atoms with van der Waals surface area (Å²) < 4.78 is 2.91. The van der Waals surface area contributed by atoms with Crippen molar-refractivity contribution in [2.75, 3.05) is 0 Å². The van der Waals surface area contributed by atoms with E-state index in [-0.39, 0.29) is 12.1 Å². The molecule has 6 heteroatoms. The highest BCUT2D eigenvalue weighted by Gasteiger charge is 2.42. The zero-order valence-electron chi connectivity index (χ0n) is 13.3. The van der Waals surface area contributed by atoms with E-state index in [0.29, 0.717) is 0 Å². The van der Waals surface area contributed by atoms with E-state index in [1.54, 1.807) is 0 Å². The van der Waals surface area contributed by atoms with Crippen LogP contribution >= 0.6 is 15.9 Å². The highest BCUT2D eigenvalue weighted by atomic mass is 79.9. The third kappa shape index (κ3) is 2.06. The third-order valence-corrected chi connectivity index (χ3v) is 5.19. The first-order chi connectivity index (χ1) is 11.5. The van der Waals surface area contributed by atoms with Crippen LogP contribution in [0.4, 0.5) is 4.79 Å². The van der Waals surface area contributed by atoms with Crippen LogP contribution in [0.5, 0.6) is 0 Å². The summed E-state index contributed by atoms with van der Waals surface area (Å²) in [5.41, 5.74) is 4.62. The van der Waals surface area contributed by atoms with Crippen molar-refractivity contribution in [1.29, 1.82) is 0 Å². The van der Waals surface area contributed by atoms with E-state index in [9.17, 15) is 9.90 Å². The van der Waals surface area contributed by atoms with E-state index in [2.05, 4.69) is 20.9 Å². The molecule has 0 bridgehead atoms. The Morgan fingerprint density at radius 3 is 2.62 bits per heavy atom. The van der Waals surface area contributed by atoms with Crippen LogP contribution in [0.1, 0.15) is 41.5 Å². The van der Waals surface area contributed by atoms with Gasteiger partial charge in [0.1, 0.15) is 11.7 Å². The number of rotatable bonds is 1. The van der Waals surface area contributed by atoms with E-state index >= 15 is 0 Å². The molecular weight excluding hydrogens is 370 g/mol. The molecule has 0 fully saturated rings. The summed E-state index contributed by atoms with van der Waals surface area (Å²) in [6.45, 7) is 3.86. The molecule has 24 heavy (non-hydrogen) atoms. The first-order valence-corrected chi connectivity index (χ1v) is 8.52. The van der Waals surface area contributed by atoms with E-state index in [1.807, 2.05) is 60.8 Å². The number of hydrogen-bond acceptors (Lipinski definition) is 2. The van der Waals surface area contributed by atoms with Gasteiger partial charge >= 0.3 is 6.09 Å². The minimum atomic E-state index is -0.923. The second-order valence-electron chi connectivity index (χ2n) is 6.06. The van der Waals surface area contributed by atoms with Crippen LogP contribution in [0.3, 0.4) is 0 Å². The number of benzene rings is 1. The largest absolute Gasteiger partial charge is 0.465 e. The predicted molar refractivity (Wildman–Crippen MR) is 94.2 cm³/mol. The van der Waals surface area contributed by atoms with Gasteiger partial charge in [-0.15, -0.1) is 0 Å². The summed E-state index contributed by atoms with van der Waals surface area (Å²) in [6.07, 6.45) is 1.02. The van der Waals surface area contributed by atoms with Crippen molar-refractivity contribution in [3.05, 3.63) is 69.6 Å². The van der Waals surface area contributed by atoms with Gasteiger partial charge in [0, 0.05) is 10.7 Å². The average molecular weight is 386 g/mol. The number of halogens is 1. The monoisotopic (exact) mass is 385 g/mol. The topological polar surface area (TPSA) is 57.8 Å². The van der Waals surface area contributed by atoms with Crippen molar-refractivity contribution in [1.82, 2.24) is 14.3 Å². The lowest BCUT2D eigenvalue weighted by Crippen LogP contribution is -2.32. The number of fused-ring (bicyclic) bond motifs is 2. The maximum absolute atomic E-state index is 12.0. The Morgan fingerprint density at radius 1 is 1.21 bits per heavy atom. The molecular formula is C18H16BrN3O2. The fourth-order valence-corrected chi connectivity index (χ4v) is 4.04. The number of aromatic nitrogens is 2. The maximum atomic E-state index is 12.0. The Labute approximate surface area is 147 Å². The molecule has 1 N–H and O–H groups in total. The third-order valence-electron chi connectivity index (χ3n) is 4.72. The van der Waals surface area contributed by atoms with Gasteiger partial charge in [-0.25, -0.2) is 9.78 Å². The molecule has 122 valence electrons. The number of pyridine rings is 1. The molecule has 0 saturated carbocycles. The molecule has 2 atom stereocenters. The number of carboxylic acid groups (broad SMARTS) is 1. The second-order valence-corrected chi connectivity index (χ2v) is 6.97. The van der Waals surface area contributed by atoms with E-state index < -0.39 is 6.09 Å². The molecule has 0 spiro atoms. The predicted octanol–water partition coefficient (Wildman–Crippen LogP) is 4.55. The average Bonchev–Trinajstić information content (AvgIpc) is 3.01. The quantitative estimate of drug-likeness (QED) is 0.668. The Morgan fingerprint density at radius 2 is 1.92 bits per heavy atom. The Kier molecular flexibility index (Phi) is 3.38. The van der Waals surface area contributed by atoms with Gasteiger partial charge in [-0.1, -0.05) is 24.3 Å². The number of hydrogen-bond donors (Lipinski definition) is 1. The van der Waals surface area contributed by atoms with Crippen LogP contribution in [-0.2, 0) is 0 Å². The van der Waals surface area contributed by atoms with Crippen LogP contribution in [-0.4, -0.2) is 25.5 Å². The summed E-state index contributed by atoms with van der Waals surface area (Å²) in [5.74, 6) is 0. The van der Waals surface area contributed by atoms with Crippen LogP contribution in [0.15, 0.2) is 47.1 Å². The van der Waals surface area contributed by atoms with Crippen molar-refractivity contribution >= 4 is 27.7 Å². The normalized spacial score (nSPS) is 19.7. The molecule has 1 amide bonds. The summed E-state index contributed by atoms with van der Waals surface area (Å²) in [7, 11) is 0. The number of amides is 1. The van der Waals surface area contributed by atoms with Crippen molar-refractivity contribution in [3.8, 4) is 0 Å². The molecule has 3 aromatic rings. The van der Waals surface area contributed by atoms with Gasteiger partial charge in [-0.2, -0.15) is 0 Å². The van der Waals surface area contributed by atoms with Gasteiger partial charge in [-0.3, -0.25) is 4.90 Å². The molecule has 1 aliphatic heterocycles. The van der Waals surface area contributed by atoms with Crippen molar-refractivity contribution < 1.29 is 9.90 Å². The summed E-state index contributed by atoms with van der Waals surface area (Å²) in [4.78, 5) is 18.1. The SMILES string of the molecule is Cc1nc2ccc(Br)cn2c1[C@@H]1c2ccccc2[C@@H](C)N1C(=O)O. The lowest BCUT2D eigenvalue weighted by molar-refractivity contribution is 0.121. The molecule has 1 aromatic carbocycles. The number of nitrogens with zero attached hydrogens (tertiary/aromatic N) is 3. The molecule has 2 aromatic heterocycles. The van der Waals surface area contributed by atoms with Gasteiger partial charge in [0.2, 0.25) is 0 Å². The zero-order chi connectivity index (χ0) is 17.0. The number of carbonyl (C=O) groups is 1. The highest BCUT2D eigenvalue weighted by molar-refractivity contribution is 9.10. The van der Waals surface area contributed by atoms with Crippen LogP contribution in [0, 0.1) is 6.92 Å². The van der Waals surface area contributed by atoms with Gasteiger partial charge < -0.3 is 9.51 Å². The lowest BCUT2D eigenvalue weighted by atomic mass is 10.00. The fourth-order valence-electron chi connectivity index (χ4n) is 3.70. The molecule has 1 aliphatic rings. The van der Waals surface area contributed by atoms with E-state index in [1.165, 1.54) is 4.90 Å². The zero-order valence-corrected chi connectivity index (χ0v) is 14.9. The molecule has 5 nitrogen and oxygen atoms in total. The van der Waals surface area contributed by atoms with Gasteiger partial charge in [0.25, 0.3) is 0 Å². The summed E-state index contributed by atoms with van der Waals surface area (Å²) in [6, 6.07) is 11.2. The summed E-state index contributed by atoms with van der Waals surface area (Å²) >= 11 is 3.49. The first kappa shape index (κ1) is 15.2. The van der Waals surface area contributed by atoms with Gasteiger partial charge in [-0.05, 0) is 53.0 Å². The number of aryl methyl sites for hydroxylation is 1. The van der Waals surface area contributed by atoms with Crippen molar-refractivity contribution in [3.63, 3.8) is 0 Å². The van der Waals surface area contributed by atoms with Crippen molar-refractivity contribution in [2.24, 2.45) is 0 Å². The van der Waals surface area contributed by atoms with E-state index in [0.717, 1.165) is 32.6 Å². The van der Waals surface area contributed by atoms with E-state index in [4.69, 9.17) is 0 Å². The highest BCUT2D eigenvalue weighted by Crippen LogP contribution is 2.46. The minimum Gasteiger partial charge on any atom is -0.465 e. The standard InChI is InChI=1S/C18H16BrN3O2/c1-10-16(21-9-12(19)7-8-15(21)20-10)17-14-6-4-3-5-13(14)11(2)22(17)18(23)24/h3-9,11,17H,1-2H3,(H,23,24)/t11-,17+/m1/s1. The Balaban J connectivity index is 2.02. The lowest BCUT2D eigenvalue weighted by Gasteiger charge is -2.26. The van der Waals surface area contributed by atoms with Crippen molar-refractivity contribution in [2.45, 2.75) is 25.9 Å². The fraction of sp³-hybridized carbons (Fsp3) is 0.222. The molecule has 0 aliphatic carbocycles. The first-order valence-electron chi connectivity index (χ1n) is 7.73. The van der Waals surface area contributed by atoms with Crippen LogP contribution in [0.25, 0.3) is 5.65 Å². The van der Waals surface area contributed by atoms with Crippen LogP contribution in [0.2, 0.25) is 0 Å². The maximum Gasteiger partial charge on any atom is 0.408 e. The smallest absolute Gasteiger partial charge is 0.408 e. The Hall–Kier alpha value is -2.34.